The highest BCUT2D eigenvalue weighted by molar-refractivity contribution is 5.23. The molecule has 1 atom stereocenters. The van der Waals surface area contributed by atoms with Crippen LogP contribution in [-0.2, 0) is 6.42 Å². The lowest BCUT2D eigenvalue weighted by Gasteiger charge is -2.22. The summed E-state index contributed by atoms with van der Waals surface area (Å²) in [6.45, 7) is 7.99. The molecule has 1 nitrogen and oxygen atoms in total. The van der Waals surface area contributed by atoms with Gasteiger partial charge in [0, 0.05) is 5.41 Å². The topological polar surface area (TPSA) is 20.2 Å². The van der Waals surface area contributed by atoms with E-state index in [0.29, 0.717) is 0 Å². The van der Waals surface area contributed by atoms with Crippen molar-refractivity contribution in [3.63, 3.8) is 0 Å². The zero-order chi connectivity index (χ0) is 10.6. The molecule has 0 fully saturated rings. The van der Waals surface area contributed by atoms with Gasteiger partial charge in [0.15, 0.2) is 0 Å². The van der Waals surface area contributed by atoms with Gasteiger partial charge in [-0.1, -0.05) is 42.8 Å². The summed E-state index contributed by atoms with van der Waals surface area (Å²) in [5, 5.41) is 9.23. The van der Waals surface area contributed by atoms with E-state index in [9.17, 15) is 5.11 Å². The zero-order valence-corrected chi connectivity index (χ0v) is 8.96. The first kappa shape index (κ1) is 11.0. The van der Waals surface area contributed by atoms with Crippen LogP contribution in [0.15, 0.2) is 36.9 Å². The van der Waals surface area contributed by atoms with E-state index in [1.54, 1.807) is 0 Å². The molecule has 14 heavy (non-hydrogen) atoms. The molecule has 0 bridgehead atoms. The van der Waals surface area contributed by atoms with Crippen LogP contribution in [0.1, 0.15) is 18.1 Å². The van der Waals surface area contributed by atoms with E-state index >= 15 is 0 Å². The van der Waals surface area contributed by atoms with E-state index in [-0.39, 0.29) is 12.0 Å². The van der Waals surface area contributed by atoms with Crippen molar-refractivity contribution in [3.05, 3.63) is 48.0 Å². The average Bonchev–Trinajstić information content (AvgIpc) is 2.21. The smallest absolute Gasteiger partial charge is 0.0522 e. The van der Waals surface area contributed by atoms with Crippen molar-refractivity contribution in [2.24, 2.45) is 5.41 Å². The third-order valence-electron chi connectivity index (χ3n) is 2.58. The number of aliphatic hydroxyl groups excluding tert-OH is 1. The maximum Gasteiger partial charge on any atom is 0.0522 e. The van der Waals surface area contributed by atoms with Crippen LogP contribution in [0.25, 0.3) is 0 Å². The Labute approximate surface area is 86.1 Å². The molecule has 1 rings (SSSR count). The Kier molecular flexibility index (Phi) is 3.48. The van der Waals surface area contributed by atoms with Gasteiger partial charge in [-0.3, -0.25) is 0 Å². The van der Waals surface area contributed by atoms with E-state index in [0.717, 1.165) is 6.42 Å². The average molecular weight is 190 g/mol. The molecule has 1 aromatic rings. The van der Waals surface area contributed by atoms with Crippen LogP contribution in [0.3, 0.4) is 0 Å². The van der Waals surface area contributed by atoms with E-state index in [1.165, 1.54) is 11.1 Å². The Morgan fingerprint density at radius 1 is 1.36 bits per heavy atom. The van der Waals surface area contributed by atoms with Crippen LogP contribution < -0.4 is 0 Å². The van der Waals surface area contributed by atoms with Gasteiger partial charge in [0.1, 0.15) is 0 Å². The molecule has 0 heterocycles. The molecule has 0 spiro atoms. The van der Waals surface area contributed by atoms with Gasteiger partial charge >= 0.3 is 0 Å². The Morgan fingerprint density at radius 3 is 2.36 bits per heavy atom. The molecule has 0 aliphatic rings. The highest BCUT2D eigenvalue weighted by atomic mass is 16.3. The van der Waals surface area contributed by atoms with E-state index in [4.69, 9.17) is 0 Å². The van der Waals surface area contributed by atoms with Crippen molar-refractivity contribution in [3.8, 4) is 0 Å². The maximum absolute atomic E-state index is 9.23. The van der Waals surface area contributed by atoms with Crippen molar-refractivity contribution < 1.29 is 5.11 Å². The Hall–Kier alpha value is -1.08. The lowest BCUT2D eigenvalue weighted by Crippen LogP contribution is -2.21. The quantitative estimate of drug-likeness (QED) is 0.724. The fourth-order valence-corrected chi connectivity index (χ4v) is 1.36. The number of benzene rings is 1. The molecule has 1 heteroatoms. The zero-order valence-electron chi connectivity index (χ0n) is 8.96. The van der Waals surface area contributed by atoms with Crippen LogP contribution in [0, 0.1) is 12.3 Å². The fraction of sp³-hybridized carbons (Fsp3) is 0.385. The van der Waals surface area contributed by atoms with Crippen LogP contribution in [-0.4, -0.2) is 11.7 Å². The summed E-state index contributed by atoms with van der Waals surface area (Å²) < 4.78 is 0. The second kappa shape index (κ2) is 4.43. The first-order chi connectivity index (χ1) is 6.59. The standard InChI is InChI=1S/C13H18O/c1-4-13(3,10-14)9-12-7-5-11(2)6-8-12/h4-8,14H,1,9-10H2,2-3H3. The highest BCUT2D eigenvalue weighted by Crippen LogP contribution is 2.23. The van der Waals surface area contributed by atoms with Gasteiger partial charge in [-0.25, -0.2) is 0 Å². The molecular formula is C13H18O. The maximum atomic E-state index is 9.23. The predicted molar refractivity (Wildman–Crippen MR) is 60.3 cm³/mol. The molecule has 0 saturated carbocycles. The first-order valence-electron chi connectivity index (χ1n) is 4.90. The Balaban J connectivity index is 2.77. The minimum atomic E-state index is -0.199. The minimum Gasteiger partial charge on any atom is -0.395 e. The number of hydrogen-bond acceptors (Lipinski definition) is 1. The van der Waals surface area contributed by atoms with Gasteiger partial charge < -0.3 is 5.11 Å². The summed E-state index contributed by atoms with van der Waals surface area (Å²) in [6.07, 6.45) is 2.67. The third kappa shape index (κ3) is 2.71. The fourth-order valence-electron chi connectivity index (χ4n) is 1.36. The SMILES string of the molecule is C=CC(C)(CO)Cc1ccc(C)cc1. The summed E-state index contributed by atoms with van der Waals surface area (Å²) in [6, 6.07) is 8.39. The molecule has 0 aliphatic carbocycles. The van der Waals surface area contributed by atoms with Crippen molar-refractivity contribution in [1.82, 2.24) is 0 Å². The Bertz CT molecular complexity index is 300. The van der Waals surface area contributed by atoms with Gasteiger partial charge in [-0.2, -0.15) is 0 Å². The predicted octanol–water partition coefficient (Wildman–Crippen LogP) is 2.72. The van der Waals surface area contributed by atoms with Crippen LogP contribution in [0.4, 0.5) is 0 Å². The van der Waals surface area contributed by atoms with Crippen LogP contribution in [0.2, 0.25) is 0 Å². The lowest BCUT2D eigenvalue weighted by atomic mass is 9.84. The minimum absolute atomic E-state index is 0.143. The molecule has 0 radical (unpaired) electrons. The number of aliphatic hydroxyl groups is 1. The molecule has 1 N–H and O–H groups in total. The van der Waals surface area contributed by atoms with Crippen molar-refractivity contribution in [2.75, 3.05) is 6.61 Å². The molecule has 0 aliphatic heterocycles. The van der Waals surface area contributed by atoms with Gasteiger partial charge in [0.2, 0.25) is 0 Å². The summed E-state index contributed by atoms with van der Waals surface area (Å²) in [5.74, 6) is 0. The van der Waals surface area contributed by atoms with Crippen molar-refractivity contribution >= 4 is 0 Å². The largest absolute Gasteiger partial charge is 0.395 e. The summed E-state index contributed by atoms with van der Waals surface area (Å²) >= 11 is 0. The summed E-state index contributed by atoms with van der Waals surface area (Å²) in [4.78, 5) is 0. The number of aryl methyl sites for hydroxylation is 1. The molecule has 0 saturated heterocycles. The summed E-state index contributed by atoms with van der Waals surface area (Å²) in [7, 11) is 0. The van der Waals surface area contributed by atoms with E-state index in [1.807, 2.05) is 13.0 Å². The monoisotopic (exact) mass is 190 g/mol. The third-order valence-corrected chi connectivity index (χ3v) is 2.58. The molecule has 1 aromatic carbocycles. The van der Waals surface area contributed by atoms with E-state index < -0.39 is 0 Å². The number of hydrogen-bond donors (Lipinski definition) is 1. The van der Waals surface area contributed by atoms with Crippen LogP contribution >= 0.6 is 0 Å². The normalized spacial score (nSPS) is 14.8. The van der Waals surface area contributed by atoms with E-state index in [2.05, 4.69) is 37.8 Å². The van der Waals surface area contributed by atoms with Crippen LogP contribution in [0.5, 0.6) is 0 Å². The lowest BCUT2D eigenvalue weighted by molar-refractivity contribution is 0.184. The molecule has 1 unspecified atom stereocenters. The molecule has 76 valence electrons. The first-order valence-corrected chi connectivity index (χ1v) is 4.90. The molecule has 0 amide bonds. The second-order valence-corrected chi connectivity index (χ2v) is 4.18. The highest BCUT2D eigenvalue weighted by Gasteiger charge is 2.19. The van der Waals surface area contributed by atoms with Gasteiger partial charge in [-0.05, 0) is 18.9 Å². The molecular weight excluding hydrogens is 172 g/mol. The van der Waals surface area contributed by atoms with Gasteiger partial charge in [0.05, 0.1) is 6.61 Å². The van der Waals surface area contributed by atoms with Gasteiger partial charge in [-0.15, -0.1) is 6.58 Å². The summed E-state index contributed by atoms with van der Waals surface area (Å²) in [5.41, 5.74) is 2.31. The Morgan fingerprint density at radius 2 is 1.93 bits per heavy atom. The van der Waals surface area contributed by atoms with Crippen molar-refractivity contribution in [2.45, 2.75) is 20.3 Å². The molecule has 0 aromatic heterocycles. The second-order valence-electron chi connectivity index (χ2n) is 4.18. The number of rotatable bonds is 4. The van der Waals surface area contributed by atoms with Gasteiger partial charge in [0.25, 0.3) is 0 Å². The van der Waals surface area contributed by atoms with Crippen molar-refractivity contribution in [1.29, 1.82) is 0 Å².